The van der Waals surface area contributed by atoms with Gasteiger partial charge in [-0.3, -0.25) is 9.59 Å². The van der Waals surface area contributed by atoms with Gasteiger partial charge in [-0.05, 0) is 62.1 Å². The van der Waals surface area contributed by atoms with Crippen molar-refractivity contribution in [2.45, 2.75) is 57.2 Å². The first-order valence-electron chi connectivity index (χ1n) is 12.4. The average Bonchev–Trinajstić information content (AvgIpc) is 3.51. The molecule has 1 atom stereocenters. The van der Waals surface area contributed by atoms with Crippen molar-refractivity contribution in [2.75, 3.05) is 20.8 Å². The van der Waals surface area contributed by atoms with Crippen molar-refractivity contribution >= 4 is 22.7 Å². The quantitative estimate of drug-likeness (QED) is 0.557. The molecule has 35 heavy (non-hydrogen) atoms. The van der Waals surface area contributed by atoms with Crippen molar-refractivity contribution in [3.8, 4) is 11.5 Å². The van der Waals surface area contributed by atoms with E-state index in [1.807, 2.05) is 60.0 Å². The second-order valence-electron chi connectivity index (χ2n) is 9.79. The third-order valence-corrected chi connectivity index (χ3v) is 7.61. The minimum Gasteiger partial charge on any atom is -0.497 e. The topological polar surface area (TPSA) is 72.8 Å². The first-order chi connectivity index (χ1) is 16.9. The summed E-state index contributed by atoms with van der Waals surface area (Å²) >= 11 is 0. The summed E-state index contributed by atoms with van der Waals surface area (Å²) in [6.45, 7) is 2.70. The SMILES string of the molecule is COc1ccc(OC)c(CCN2C(=O)c3cc4ccccc4n3C[C@@]2(C)C(=O)NC2CCCC2)c1. The summed E-state index contributed by atoms with van der Waals surface area (Å²) in [7, 11) is 3.26. The van der Waals surface area contributed by atoms with Crippen molar-refractivity contribution in [3.63, 3.8) is 0 Å². The molecule has 7 heteroatoms. The standard InChI is InChI=1S/C28H33N3O4/c1-28(27(33)29-21-9-5-6-10-21)18-30-23-11-7-4-8-19(23)17-24(30)26(32)31(28)15-14-20-16-22(34-2)12-13-25(20)35-3/h4,7-8,11-13,16-17,21H,5-6,9-10,14-15,18H2,1-3H3,(H,29,33)/t28-/m0/s1. The summed E-state index contributed by atoms with van der Waals surface area (Å²) in [6, 6.07) is 15.7. The van der Waals surface area contributed by atoms with Crippen LogP contribution in [0.25, 0.3) is 10.9 Å². The molecule has 1 aliphatic heterocycles. The van der Waals surface area contributed by atoms with Gasteiger partial charge in [-0.25, -0.2) is 0 Å². The Hall–Kier alpha value is -3.48. The lowest BCUT2D eigenvalue weighted by molar-refractivity contribution is -0.133. The number of nitrogens with one attached hydrogen (secondary N) is 1. The number of ether oxygens (including phenoxy) is 2. The molecule has 3 aromatic rings. The molecule has 0 unspecified atom stereocenters. The predicted molar refractivity (Wildman–Crippen MR) is 135 cm³/mol. The number of amides is 2. The Labute approximate surface area is 206 Å². The second kappa shape index (κ2) is 9.29. The zero-order valence-corrected chi connectivity index (χ0v) is 20.7. The van der Waals surface area contributed by atoms with Crippen LogP contribution >= 0.6 is 0 Å². The van der Waals surface area contributed by atoms with E-state index in [4.69, 9.17) is 9.47 Å². The number of hydrogen-bond donors (Lipinski definition) is 1. The molecule has 0 bridgehead atoms. The molecule has 184 valence electrons. The maximum Gasteiger partial charge on any atom is 0.271 e. The van der Waals surface area contributed by atoms with Crippen molar-refractivity contribution in [3.05, 3.63) is 59.8 Å². The Morgan fingerprint density at radius 3 is 2.60 bits per heavy atom. The van der Waals surface area contributed by atoms with Crippen LogP contribution in [-0.2, 0) is 17.8 Å². The molecule has 5 rings (SSSR count). The van der Waals surface area contributed by atoms with E-state index in [9.17, 15) is 9.59 Å². The third-order valence-electron chi connectivity index (χ3n) is 7.61. The number of fused-ring (bicyclic) bond motifs is 3. The Kier molecular flexibility index (Phi) is 6.17. The number of para-hydroxylation sites is 1. The van der Waals surface area contributed by atoms with E-state index in [1.54, 1.807) is 19.1 Å². The van der Waals surface area contributed by atoms with Crippen molar-refractivity contribution in [2.24, 2.45) is 0 Å². The highest BCUT2D eigenvalue weighted by Gasteiger charge is 2.48. The van der Waals surface area contributed by atoms with Crippen LogP contribution in [0.1, 0.15) is 48.7 Å². The number of nitrogens with zero attached hydrogens (tertiary/aromatic N) is 2. The summed E-state index contributed by atoms with van der Waals surface area (Å²) in [6.07, 6.45) is 4.79. The lowest BCUT2D eigenvalue weighted by Gasteiger charge is -2.44. The summed E-state index contributed by atoms with van der Waals surface area (Å²) in [5.41, 5.74) is 1.52. The molecule has 2 amide bonds. The van der Waals surface area contributed by atoms with E-state index >= 15 is 0 Å². The lowest BCUT2D eigenvalue weighted by Crippen LogP contribution is -2.65. The van der Waals surface area contributed by atoms with E-state index < -0.39 is 5.54 Å². The monoisotopic (exact) mass is 475 g/mol. The fourth-order valence-electron chi connectivity index (χ4n) is 5.58. The Morgan fingerprint density at radius 2 is 1.86 bits per heavy atom. The van der Waals surface area contributed by atoms with E-state index in [0.717, 1.165) is 53.6 Å². The smallest absolute Gasteiger partial charge is 0.271 e. The van der Waals surface area contributed by atoms with Crippen LogP contribution in [-0.4, -0.2) is 53.6 Å². The summed E-state index contributed by atoms with van der Waals surface area (Å²) in [5.74, 6) is 1.26. The highest BCUT2D eigenvalue weighted by molar-refractivity contribution is 6.03. The van der Waals surface area contributed by atoms with Gasteiger partial charge in [0, 0.05) is 23.5 Å². The lowest BCUT2D eigenvalue weighted by atomic mass is 9.93. The molecule has 1 N–H and O–H groups in total. The van der Waals surface area contributed by atoms with Crippen molar-refractivity contribution in [1.82, 2.24) is 14.8 Å². The molecular weight excluding hydrogens is 442 g/mol. The van der Waals surface area contributed by atoms with Crippen LogP contribution in [0.5, 0.6) is 11.5 Å². The van der Waals surface area contributed by atoms with E-state index in [0.29, 0.717) is 25.2 Å². The molecule has 1 saturated carbocycles. The van der Waals surface area contributed by atoms with Gasteiger partial charge in [0.15, 0.2) is 0 Å². The number of aromatic nitrogens is 1. The van der Waals surface area contributed by atoms with Crippen LogP contribution < -0.4 is 14.8 Å². The van der Waals surface area contributed by atoms with Crippen molar-refractivity contribution < 1.29 is 19.1 Å². The van der Waals surface area contributed by atoms with Crippen LogP contribution in [0.15, 0.2) is 48.5 Å². The number of carbonyl (C=O) groups is 2. The summed E-state index contributed by atoms with van der Waals surface area (Å²) in [4.78, 5) is 29.4. The molecule has 0 saturated heterocycles. The van der Waals surface area contributed by atoms with Crippen LogP contribution in [0.3, 0.4) is 0 Å². The number of benzene rings is 2. The first-order valence-corrected chi connectivity index (χ1v) is 12.4. The normalized spacial score (nSPS) is 20.2. The van der Waals surface area contributed by atoms with Gasteiger partial charge in [0.25, 0.3) is 5.91 Å². The van der Waals surface area contributed by atoms with Gasteiger partial charge in [0.05, 0.1) is 20.8 Å². The molecule has 2 heterocycles. The Bertz CT molecular complexity index is 1260. The van der Waals surface area contributed by atoms with Crippen LogP contribution in [0.4, 0.5) is 0 Å². The molecule has 0 spiro atoms. The van der Waals surface area contributed by atoms with Gasteiger partial charge >= 0.3 is 0 Å². The number of carbonyl (C=O) groups excluding carboxylic acids is 2. The molecule has 1 fully saturated rings. The van der Waals surface area contributed by atoms with Gasteiger partial charge in [-0.15, -0.1) is 0 Å². The molecule has 1 aliphatic carbocycles. The molecule has 1 aromatic heterocycles. The molecular formula is C28H33N3O4. The minimum absolute atomic E-state index is 0.0845. The van der Waals surface area contributed by atoms with Crippen LogP contribution in [0.2, 0.25) is 0 Å². The number of methoxy groups -OCH3 is 2. The zero-order chi connectivity index (χ0) is 24.6. The van der Waals surface area contributed by atoms with Gasteiger partial charge in [-0.2, -0.15) is 0 Å². The van der Waals surface area contributed by atoms with E-state index in [1.165, 1.54) is 0 Å². The molecule has 7 nitrogen and oxygen atoms in total. The Morgan fingerprint density at radius 1 is 1.09 bits per heavy atom. The largest absolute Gasteiger partial charge is 0.497 e. The van der Waals surface area contributed by atoms with E-state index in [2.05, 4.69) is 5.32 Å². The van der Waals surface area contributed by atoms with Gasteiger partial charge in [0.1, 0.15) is 22.7 Å². The maximum absolute atomic E-state index is 13.9. The van der Waals surface area contributed by atoms with Crippen LogP contribution in [0, 0.1) is 0 Å². The summed E-state index contributed by atoms with van der Waals surface area (Å²) in [5, 5.41) is 4.26. The fraction of sp³-hybridized carbons (Fsp3) is 0.429. The highest BCUT2D eigenvalue weighted by Crippen LogP contribution is 2.34. The first kappa shape index (κ1) is 23.3. The van der Waals surface area contributed by atoms with Crippen molar-refractivity contribution in [1.29, 1.82) is 0 Å². The van der Waals surface area contributed by atoms with Gasteiger partial charge in [0.2, 0.25) is 5.91 Å². The zero-order valence-electron chi connectivity index (χ0n) is 20.7. The summed E-state index contributed by atoms with van der Waals surface area (Å²) < 4.78 is 13.0. The predicted octanol–water partition coefficient (Wildman–Crippen LogP) is 4.17. The van der Waals surface area contributed by atoms with Gasteiger partial charge in [-0.1, -0.05) is 31.0 Å². The Balaban J connectivity index is 1.51. The number of rotatable bonds is 7. The average molecular weight is 476 g/mol. The molecule has 2 aromatic carbocycles. The minimum atomic E-state index is -1.01. The molecule has 0 radical (unpaired) electrons. The second-order valence-corrected chi connectivity index (χ2v) is 9.79. The number of hydrogen-bond acceptors (Lipinski definition) is 4. The van der Waals surface area contributed by atoms with Gasteiger partial charge < -0.3 is 24.3 Å². The maximum atomic E-state index is 13.9. The van der Waals surface area contributed by atoms with E-state index in [-0.39, 0.29) is 17.9 Å². The third kappa shape index (κ3) is 4.13. The molecule has 2 aliphatic rings. The fourth-order valence-corrected chi connectivity index (χ4v) is 5.58. The highest BCUT2D eigenvalue weighted by atomic mass is 16.5.